The minimum absolute atomic E-state index is 0.362. The Balaban J connectivity index is 2.22. The maximum Gasteiger partial charge on any atom is 0.0441 e. The highest BCUT2D eigenvalue weighted by atomic mass is 35.5. The van der Waals surface area contributed by atoms with Gasteiger partial charge in [0.1, 0.15) is 0 Å². The Hall–Kier alpha value is -0.570. The van der Waals surface area contributed by atoms with Crippen molar-refractivity contribution in [1.82, 2.24) is 4.90 Å². The van der Waals surface area contributed by atoms with Crippen molar-refractivity contribution in [2.75, 3.05) is 19.6 Å². The molecule has 2 rings (SSSR count). The molecule has 0 spiro atoms. The highest BCUT2D eigenvalue weighted by Crippen LogP contribution is 2.33. The van der Waals surface area contributed by atoms with Gasteiger partial charge in [0.05, 0.1) is 0 Å². The number of halogens is 1. The summed E-state index contributed by atoms with van der Waals surface area (Å²) in [5.41, 5.74) is 7.30. The van der Waals surface area contributed by atoms with E-state index in [1.165, 1.54) is 44.3 Å². The predicted molar refractivity (Wildman–Crippen MR) is 82.8 cm³/mol. The van der Waals surface area contributed by atoms with E-state index in [0.29, 0.717) is 18.5 Å². The highest BCUT2D eigenvalue weighted by Gasteiger charge is 2.30. The Labute approximate surface area is 121 Å². The van der Waals surface area contributed by atoms with Crippen LogP contribution >= 0.6 is 11.6 Å². The third-order valence-corrected chi connectivity index (χ3v) is 4.54. The molecule has 1 fully saturated rings. The lowest BCUT2D eigenvalue weighted by molar-refractivity contribution is 0.127. The average molecular weight is 281 g/mol. The minimum atomic E-state index is 0.362. The molecule has 19 heavy (non-hydrogen) atoms. The summed E-state index contributed by atoms with van der Waals surface area (Å²) in [7, 11) is 0. The molecule has 0 aromatic heterocycles. The van der Waals surface area contributed by atoms with Crippen LogP contribution in [-0.4, -0.2) is 30.6 Å². The fourth-order valence-corrected chi connectivity index (χ4v) is 3.58. The molecule has 0 amide bonds. The molecule has 0 radical (unpaired) electrons. The zero-order valence-electron chi connectivity index (χ0n) is 11.8. The molecule has 0 saturated carbocycles. The first-order chi connectivity index (χ1) is 9.27. The summed E-state index contributed by atoms with van der Waals surface area (Å²) in [6.07, 6.45) is 5.07. The average Bonchev–Trinajstić information content (AvgIpc) is 2.44. The second-order valence-electron chi connectivity index (χ2n) is 5.46. The van der Waals surface area contributed by atoms with Crippen molar-refractivity contribution in [3.05, 3.63) is 34.9 Å². The normalized spacial score (nSPS) is 22.4. The van der Waals surface area contributed by atoms with Crippen LogP contribution in [0.3, 0.4) is 0 Å². The maximum atomic E-state index is 6.37. The highest BCUT2D eigenvalue weighted by molar-refractivity contribution is 6.31. The number of benzene rings is 1. The Bertz CT molecular complexity index is 392. The molecule has 1 aliphatic heterocycles. The van der Waals surface area contributed by atoms with Gasteiger partial charge >= 0.3 is 0 Å². The van der Waals surface area contributed by atoms with Crippen molar-refractivity contribution in [1.29, 1.82) is 0 Å². The van der Waals surface area contributed by atoms with Crippen LogP contribution in [0.2, 0.25) is 5.02 Å². The zero-order chi connectivity index (χ0) is 13.7. The van der Waals surface area contributed by atoms with Gasteiger partial charge in [-0.1, -0.05) is 43.1 Å². The first-order valence-electron chi connectivity index (χ1n) is 7.46. The summed E-state index contributed by atoms with van der Waals surface area (Å²) in [5.74, 6) is 0.362. The minimum Gasteiger partial charge on any atom is -0.330 e. The number of rotatable bonds is 5. The Morgan fingerprint density at radius 2 is 2.16 bits per heavy atom. The molecule has 3 heteroatoms. The molecule has 106 valence electrons. The molecule has 1 saturated heterocycles. The van der Waals surface area contributed by atoms with E-state index in [0.717, 1.165) is 5.02 Å². The Morgan fingerprint density at radius 1 is 1.37 bits per heavy atom. The molecule has 1 heterocycles. The standard InChI is InChI=1S/C16H25ClN2/c1-2-10-19-11-6-5-9-16(19)14(12-18)13-7-3-4-8-15(13)17/h3-4,7-8,14,16H,2,5-6,9-12,18H2,1H3. The van der Waals surface area contributed by atoms with E-state index >= 15 is 0 Å². The molecule has 2 atom stereocenters. The largest absolute Gasteiger partial charge is 0.330 e. The molecule has 1 aliphatic rings. The Kier molecular flexibility index (Phi) is 5.68. The van der Waals surface area contributed by atoms with E-state index in [2.05, 4.69) is 24.0 Å². The van der Waals surface area contributed by atoms with Crippen molar-refractivity contribution in [3.8, 4) is 0 Å². The van der Waals surface area contributed by atoms with Crippen LogP contribution in [0.5, 0.6) is 0 Å². The van der Waals surface area contributed by atoms with Gasteiger partial charge in [-0.25, -0.2) is 0 Å². The predicted octanol–water partition coefficient (Wildman–Crippen LogP) is 3.65. The van der Waals surface area contributed by atoms with E-state index in [-0.39, 0.29) is 0 Å². The number of nitrogens with two attached hydrogens (primary N) is 1. The van der Waals surface area contributed by atoms with Crippen molar-refractivity contribution < 1.29 is 0 Å². The van der Waals surface area contributed by atoms with Crippen LogP contribution in [0.15, 0.2) is 24.3 Å². The molecule has 1 aromatic rings. The SMILES string of the molecule is CCCN1CCCCC1C(CN)c1ccccc1Cl. The van der Waals surface area contributed by atoms with Gasteiger partial charge < -0.3 is 5.73 Å². The van der Waals surface area contributed by atoms with E-state index in [4.69, 9.17) is 17.3 Å². The lowest BCUT2D eigenvalue weighted by Crippen LogP contribution is -2.45. The third-order valence-electron chi connectivity index (χ3n) is 4.20. The van der Waals surface area contributed by atoms with Crippen LogP contribution in [0.4, 0.5) is 0 Å². The first-order valence-corrected chi connectivity index (χ1v) is 7.84. The molecule has 0 aliphatic carbocycles. The first kappa shape index (κ1) is 14.8. The van der Waals surface area contributed by atoms with Crippen LogP contribution in [0.25, 0.3) is 0 Å². The molecule has 2 N–H and O–H groups in total. The molecule has 0 bridgehead atoms. The van der Waals surface area contributed by atoms with E-state index in [1.54, 1.807) is 0 Å². The van der Waals surface area contributed by atoms with Gasteiger partial charge in [0.15, 0.2) is 0 Å². The van der Waals surface area contributed by atoms with E-state index in [1.807, 2.05) is 12.1 Å². The summed E-state index contributed by atoms with van der Waals surface area (Å²) < 4.78 is 0. The van der Waals surface area contributed by atoms with Gasteiger partial charge in [0.2, 0.25) is 0 Å². The smallest absolute Gasteiger partial charge is 0.0441 e. The lowest BCUT2D eigenvalue weighted by atomic mass is 9.85. The second kappa shape index (κ2) is 7.28. The van der Waals surface area contributed by atoms with Gasteiger partial charge in [-0.2, -0.15) is 0 Å². The monoisotopic (exact) mass is 280 g/mol. The summed E-state index contributed by atoms with van der Waals surface area (Å²) in [5, 5.41) is 0.861. The van der Waals surface area contributed by atoms with Crippen molar-refractivity contribution in [2.45, 2.75) is 44.6 Å². The van der Waals surface area contributed by atoms with Crippen LogP contribution in [0, 0.1) is 0 Å². The summed E-state index contributed by atoms with van der Waals surface area (Å²) in [6, 6.07) is 8.73. The van der Waals surface area contributed by atoms with Gasteiger partial charge in [0, 0.05) is 23.5 Å². The second-order valence-corrected chi connectivity index (χ2v) is 5.87. The quantitative estimate of drug-likeness (QED) is 0.892. The molecular formula is C16H25ClN2. The van der Waals surface area contributed by atoms with Crippen LogP contribution < -0.4 is 5.73 Å². The zero-order valence-corrected chi connectivity index (χ0v) is 12.6. The Morgan fingerprint density at radius 3 is 2.84 bits per heavy atom. The third kappa shape index (κ3) is 3.50. The topological polar surface area (TPSA) is 29.3 Å². The number of piperidine rings is 1. The summed E-state index contributed by atoms with van der Waals surface area (Å²) >= 11 is 6.37. The number of likely N-dealkylation sites (tertiary alicyclic amines) is 1. The van der Waals surface area contributed by atoms with E-state index < -0.39 is 0 Å². The maximum absolute atomic E-state index is 6.37. The fraction of sp³-hybridized carbons (Fsp3) is 0.625. The van der Waals surface area contributed by atoms with Gasteiger partial charge in [-0.3, -0.25) is 4.90 Å². The summed E-state index contributed by atoms with van der Waals surface area (Å²) in [4.78, 5) is 2.62. The number of hydrogen-bond acceptors (Lipinski definition) is 2. The molecular weight excluding hydrogens is 256 g/mol. The summed E-state index contributed by atoms with van der Waals surface area (Å²) in [6.45, 7) is 5.30. The van der Waals surface area contributed by atoms with Crippen LogP contribution in [-0.2, 0) is 0 Å². The van der Waals surface area contributed by atoms with Crippen molar-refractivity contribution in [3.63, 3.8) is 0 Å². The van der Waals surface area contributed by atoms with Gasteiger partial charge in [0.25, 0.3) is 0 Å². The van der Waals surface area contributed by atoms with Gasteiger partial charge in [-0.15, -0.1) is 0 Å². The number of hydrogen-bond donors (Lipinski definition) is 1. The fourth-order valence-electron chi connectivity index (χ4n) is 3.30. The molecule has 1 aromatic carbocycles. The van der Waals surface area contributed by atoms with E-state index in [9.17, 15) is 0 Å². The number of nitrogens with zero attached hydrogens (tertiary/aromatic N) is 1. The van der Waals surface area contributed by atoms with Crippen molar-refractivity contribution >= 4 is 11.6 Å². The van der Waals surface area contributed by atoms with Crippen LogP contribution in [0.1, 0.15) is 44.1 Å². The van der Waals surface area contributed by atoms with Gasteiger partial charge in [-0.05, 0) is 44.0 Å². The van der Waals surface area contributed by atoms with Crippen molar-refractivity contribution in [2.24, 2.45) is 5.73 Å². The molecule has 2 nitrogen and oxygen atoms in total. The molecule has 2 unspecified atom stereocenters. The lowest BCUT2D eigenvalue weighted by Gasteiger charge is -2.40.